The van der Waals surface area contributed by atoms with E-state index in [1.165, 1.54) is 283 Å². The molecule has 0 aliphatic carbocycles. The van der Waals surface area contributed by atoms with Crippen LogP contribution in [-0.2, 0) is 14.3 Å². The Balaban J connectivity index is 3.40. The molecule has 2 atom stereocenters. The molecule has 0 aliphatic heterocycles. The lowest BCUT2D eigenvalue weighted by molar-refractivity contribution is -0.143. The number of aliphatic hydroxyl groups excluding tert-OH is 2. The number of carbonyl (C=O) groups is 2. The summed E-state index contributed by atoms with van der Waals surface area (Å²) in [7, 11) is 0. The number of ether oxygens (including phenoxy) is 1. The van der Waals surface area contributed by atoms with Gasteiger partial charge in [-0.3, -0.25) is 9.59 Å². The SMILES string of the molecule is CCCCCCCC/C=C\CCCCCCCC(=O)OCCCCCCCCCCC/C=C\C/C=C\CCCCCCCCCCCCCCCCCC(=O)NC(CO)C(O)/C=C/CCCCCCCCCCCCC. The maximum Gasteiger partial charge on any atom is 0.305 e. The van der Waals surface area contributed by atoms with Gasteiger partial charge in [-0.25, -0.2) is 0 Å². The fourth-order valence-corrected chi connectivity index (χ4v) is 10.4. The van der Waals surface area contributed by atoms with Gasteiger partial charge in [0.1, 0.15) is 0 Å². The number of hydrogen-bond acceptors (Lipinski definition) is 5. The monoisotopic (exact) mass is 1070 g/mol. The van der Waals surface area contributed by atoms with E-state index in [1.54, 1.807) is 6.08 Å². The number of hydrogen-bond donors (Lipinski definition) is 3. The molecule has 6 nitrogen and oxygen atoms in total. The van der Waals surface area contributed by atoms with Crippen molar-refractivity contribution >= 4 is 11.9 Å². The molecular formula is C70H131NO5. The first-order valence-electron chi connectivity index (χ1n) is 33.9. The van der Waals surface area contributed by atoms with Gasteiger partial charge in [0.15, 0.2) is 0 Å². The third kappa shape index (κ3) is 61.0. The quantitative estimate of drug-likeness (QED) is 0.0320. The second kappa shape index (κ2) is 65.3. The summed E-state index contributed by atoms with van der Waals surface area (Å²) in [6.07, 6.45) is 84.7. The number of nitrogens with one attached hydrogen (secondary N) is 1. The minimum Gasteiger partial charge on any atom is -0.466 e. The highest BCUT2D eigenvalue weighted by molar-refractivity contribution is 5.76. The van der Waals surface area contributed by atoms with Crippen molar-refractivity contribution in [3.63, 3.8) is 0 Å². The Labute approximate surface area is 474 Å². The van der Waals surface area contributed by atoms with Crippen LogP contribution in [0, 0.1) is 0 Å². The number of allylic oxidation sites excluding steroid dienone is 7. The van der Waals surface area contributed by atoms with Crippen molar-refractivity contribution in [3.8, 4) is 0 Å². The van der Waals surface area contributed by atoms with E-state index >= 15 is 0 Å². The molecule has 0 bridgehead atoms. The van der Waals surface area contributed by atoms with Gasteiger partial charge in [0.25, 0.3) is 0 Å². The molecule has 0 heterocycles. The smallest absolute Gasteiger partial charge is 0.305 e. The minimum absolute atomic E-state index is 0.00487. The van der Waals surface area contributed by atoms with E-state index in [0.717, 1.165) is 51.4 Å². The van der Waals surface area contributed by atoms with Crippen LogP contribution in [0.1, 0.15) is 361 Å². The van der Waals surface area contributed by atoms with Crippen LogP contribution in [0.4, 0.5) is 0 Å². The van der Waals surface area contributed by atoms with Gasteiger partial charge in [-0.05, 0) is 89.9 Å². The number of carbonyl (C=O) groups excluding carboxylic acids is 2. The Morgan fingerprint density at radius 2 is 0.658 bits per heavy atom. The summed E-state index contributed by atoms with van der Waals surface area (Å²) in [4.78, 5) is 24.5. The summed E-state index contributed by atoms with van der Waals surface area (Å²) in [5, 5.41) is 23.1. The highest BCUT2D eigenvalue weighted by atomic mass is 16.5. The summed E-state index contributed by atoms with van der Waals surface area (Å²) < 4.78 is 5.48. The van der Waals surface area contributed by atoms with Crippen LogP contribution in [0.2, 0.25) is 0 Å². The average Bonchev–Trinajstić information content (AvgIpc) is 3.42. The normalized spacial score (nSPS) is 12.8. The third-order valence-corrected chi connectivity index (χ3v) is 15.6. The van der Waals surface area contributed by atoms with E-state index in [-0.39, 0.29) is 18.5 Å². The fourth-order valence-electron chi connectivity index (χ4n) is 10.4. The van der Waals surface area contributed by atoms with E-state index in [9.17, 15) is 19.8 Å². The Kier molecular flexibility index (Phi) is 63.5. The van der Waals surface area contributed by atoms with Gasteiger partial charge in [-0.15, -0.1) is 0 Å². The maximum absolute atomic E-state index is 12.5. The average molecular weight is 1070 g/mol. The predicted molar refractivity (Wildman–Crippen MR) is 333 cm³/mol. The van der Waals surface area contributed by atoms with Crippen LogP contribution in [0.5, 0.6) is 0 Å². The molecule has 3 N–H and O–H groups in total. The molecule has 0 aromatic carbocycles. The molecule has 0 aromatic rings. The van der Waals surface area contributed by atoms with Crippen molar-refractivity contribution in [1.29, 1.82) is 0 Å². The molecule has 0 aromatic heterocycles. The summed E-state index contributed by atoms with van der Waals surface area (Å²) in [5.41, 5.74) is 0. The molecule has 0 fully saturated rings. The van der Waals surface area contributed by atoms with Crippen LogP contribution < -0.4 is 5.32 Å². The van der Waals surface area contributed by atoms with E-state index in [4.69, 9.17) is 4.74 Å². The first kappa shape index (κ1) is 73.8. The molecule has 0 aliphatic rings. The Morgan fingerprint density at radius 3 is 1.01 bits per heavy atom. The lowest BCUT2D eigenvalue weighted by Crippen LogP contribution is -2.45. The zero-order chi connectivity index (χ0) is 55.0. The standard InChI is InChI=1S/C70H131NO5/c1-3-5-7-9-11-13-15-17-35-40-44-48-52-56-60-64-70(75)76-65-61-57-53-49-45-41-37-34-32-30-28-26-24-22-20-18-19-21-23-25-27-29-31-33-36-39-43-47-51-55-59-63-69(74)71-67(66-72)68(73)62-58-54-50-46-42-38-16-14-12-10-8-6-4-2/h17,20,22,26,28,35,58,62,67-68,72-73H,3-16,18-19,21,23-25,27,29-34,36-57,59-61,63-66H2,1-2H3,(H,71,74)/b22-20-,28-26-,35-17-,62-58+. The van der Waals surface area contributed by atoms with Crippen LogP contribution in [0.15, 0.2) is 48.6 Å². The van der Waals surface area contributed by atoms with E-state index < -0.39 is 12.1 Å². The van der Waals surface area contributed by atoms with E-state index in [0.29, 0.717) is 19.4 Å². The molecule has 6 heteroatoms. The van der Waals surface area contributed by atoms with Crippen molar-refractivity contribution in [3.05, 3.63) is 48.6 Å². The number of unbranched alkanes of at least 4 members (excludes halogenated alkanes) is 46. The number of rotatable bonds is 63. The van der Waals surface area contributed by atoms with Crippen LogP contribution >= 0.6 is 0 Å². The molecule has 1 amide bonds. The van der Waals surface area contributed by atoms with Crippen molar-refractivity contribution in [2.24, 2.45) is 0 Å². The third-order valence-electron chi connectivity index (χ3n) is 15.6. The fraction of sp³-hybridized carbons (Fsp3) is 0.857. The Hall–Kier alpha value is -2.18. The summed E-state index contributed by atoms with van der Waals surface area (Å²) in [6.45, 7) is 4.90. The topological polar surface area (TPSA) is 95.9 Å². The van der Waals surface area contributed by atoms with Crippen molar-refractivity contribution in [1.82, 2.24) is 5.32 Å². The van der Waals surface area contributed by atoms with Gasteiger partial charge >= 0.3 is 5.97 Å². The summed E-state index contributed by atoms with van der Waals surface area (Å²) >= 11 is 0. The molecule has 0 saturated carbocycles. The number of amides is 1. The summed E-state index contributed by atoms with van der Waals surface area (Å²) in [5.74, 6) is -0.0620. The summed E-state index contributed by atoms with van der Waals surface area (Å²) in [6, 6.07) is -0.627. The molecular weight excluding hydrogens is 935 g/mol. The molecule has 0 saturated heterocycles. The number of esters is 1. The van der Waals surface area contributed by atoms with Crippen LogP contribution in [-0.4, -0.2) is 47.4 Å². The highest BCUT2D eigenvalue weighted by Crippen LogP contribution is 2.17. The first-order chi connectivity index (χ1) is 37.5. The number of aliphatic hydroxyl groups is 2. The first-order valence-corrected chi connectivity index (χ1v) is 33.9. The maximum atomic E-state index is 12.5. The van der Waals surface area contributed by atoms with E-state index in [1.807, 2.05) is 6.08 Å². The van der Waals surface area contributed by atoms with Crippen molar-refractivity contribution < 1.29 is 24.5 Å². The van der Waals surface area contributed by atoms with Gasteiger partial charge in [0, 0.05) is 12.8 Å². The predicted octanol–water partition coefficient (Wildman–Crippen LogP) is 21.7. The lowest BCUT2D eigenvalue weighted by atomic mass is 10.0. The Morgan fingerprint density at radius 1 is 0.368 bits per heavy atom. The zero-order valence-corrected chi connectivity index (χ0v) is 51.0. The zero-order valence-electron chi connectivity index (χ0n) is 51.0. The largest absolute Gasteiger partial charge is 0.466 e. The molecule has 0 radical (unpaired) electrons. The second-order valence-corrected chi connectivity index (χ2v) is 23.1. The van der Waals surface area contributed by atoms with Crippen LogP contribution in [0.25, 0.3) is 0 Å². The molecule has 446 valence electrons. The van der Waals surface area contributed by atoms with Gasteiger partial charge < -0.3 is 20.3 Å². The molecule has 2 unspecified atom stereocenters. The molecule has 0 rings (SSSR count). The minimum atomic E-state index is -0.844. The second-order valence-electron chi connectivity index (χ2n) is 23.1. The van der Waals surface area contributed by atoms with Crippen LogP contribution in [0.3, 0.4) is 0 Å². The van der Waals surface area contributed by atoms with Gasteiger partial charge in [0.05, 0.1) is 25.4 Å². The highest BCUT2D eigenvalue weighted by Gasteiger charge is 2.18. The lowest BCUT2D eigenvalue weighted by Gasteiger charge is -2.20. The molecule has 76 heavy (non-hydrogen) atoms. The van der Waals surface area contributed by atoms with Crippen molar-refractivity contribution in [2.45, 2.75) is 373 Å². The van der Waals surface area contributed by atoms with Gasteiger partial charge in [-0.2, -0.15) is 0 Å². The van der Waals surface area contributed by atoms with Gasteiger partial charge in [-0.1, -0.05) is 306 Å². The Bertz CT molecular complexity index is 1270. The molecule has 0 spiro atoms. The van der Waals surface area contributed by atoms with E-state index in [2.05, 4.69) is 55.6 Å². The van der Waals surface area contributed by atoms with Gasteiger partial charge in [0.2, 0.25) is 5.91 Å². The van der Waals surface area contributed by atoms with Crippen molar-refractivity contribution in [2.75, 3.05) is 13.2 Å².